The van der Waals surface area contributed by atoms with Crippen molar-refractivity contribution in [2.45, 2.75) is 71.8 Å². The molecule has 0 spiro atoms. The van der Waals surface area contributed by atoms with Gasteiger partial charge in [0.15, 0.2) is 0 Å². The molecule has 1 heterocycles. The van der Waals surface area contributed by atoms with Crippen LogP contribution in [0.5, 0.6) is 0 Å². The molecule has 0 bridgehead atoms. The SMILES string of the molecule is CC1CCCCCN1CCCCC(C)(C)C#N. The highest BCUT2D eigenvalue weighted by atomic mass is 15.1. The van der Waals surface area contributed by atoms with E-state index in [-0.39, 0.29) is 5.41 Å². The van der Waals surface area contributed by atoms with Crippen molar-refractivity contribution in [3.05, 3.63) is 0 Å². The van der Waals surface area contributed by atoms with Gasteiger partial charge < -0.3 is 4.90 Å². The van der Waals surface area contributed by atoms with Gasteiger partial charge in [0, 0.05) is 6.04 Å². The van der Waals surface area contributed by atoms with Gasteiger partial charge in [0.1, 0.15) is 0 Å². The van der Waals surface area contributed by atoms with Crippen LogP contribution in [0.15, 0.2) is 0 Å². The van der Waals surface area contributed by atoms with Crippen molar-refractivity contribution in [3.63, 3.8) is 0 Å². The van der Waals surface area contributed by atoms with Crippen LogP contribution in [-0.4, -0.2) is 24.0 Å². The summed E-state index contributed by atoms with van der Waals surface area (Å²) in [5, 5.41) is 8.96. The van der Waals surface area contributed by atoms with E-state index in [9.17, 15) is 0 Å². The molecule has 98 valence electrons. The van der Waals surface area contributed by atoms with Crippen molar-refractivity contribution in [1.29, 1.82) is 5.26 Å². The Hall–Kier alpha value is -0.550. The number of nitrogens with zero attached hydrogens (tertiary/aromatic N) is 2. The highest BCUT2D eigenvalue weighted by Crippen LogP contribution is 2.22. The normalized spacial score (nSPS) is 23.1. The second kappa shape index (κ2) is 7.01. The van der Waals surface area contributed by atoms with Gasteiger partial charge in [-0.3, -0.25) is 0 Å². The van der Waals surface area contributed by atoms with Crippen molar-refractivity contribution in [2.24, 2.45) is 5.41 Å². The fourth-order valence-corrected chi connectivity index (χ4v) is 2.60. The molecule has 1 aliphatic heterocycles. The maximum atomic E-state index is 8.96. The Morgan fingerprint density at radius 1 is 1.24 bits per heavy atom. The topological polar surface area (TPSA) is 27.0 Å². The molecule has 0 radical (unpaired) electrons. The number of hydrogen-bond acceptors (Lipinski definition) is 2. The number of nitriles is 1. The molecule has 0 amide bonds. The van der Waals surface area contributed by atoms with Crippen LogP contribution in [0.2, 0.25) is 0 Å². The Bertz CT molecular complexity index is 252. The lowest BCUT2D eigenvalue weighted by atomic mass is 9.89. The molecule has 1 unspecified atom stereocenters. The van der Waals surface area contributed by atoms with Crippen LogP contribution < -0.4 is 0 Å². The van der Waals surface area contributed by atoms with Crippen LogP contribution in [0.25, 0.3) is 0 Å². The van der Waals surface area contributed by atoms with Crippen LogP contribution >= 0.6 is 0 Å². The first-order valence-corrected chi connectivity index (χ1v) is 7.20. The van der Waals surface area contributed by atoms with Crippen LogP contribution in [0.3, 0.4) is 0 Å². The number of rotatable bonds is 5. The quantitative estimate of drug-likeness (QED) is 0.675. The van der Waals surface area contributed by atoms with Gasteiger partial charge in [0.05, 0.1) is 11.5 Å². The lowest BCUT2D eigenvalue weighted by molar-refractivity contribution is 0.206. The zero-order valence-electron chi connectivity index (χ0n) is 11.8. The Labute approximate surface area is 107 Å². The van der Waals surface area contributed by atoms with Crippen molar-refractivity contribution in [1.82, 2.24) is 4.90 Å². The standard InChI is InChI=1S/C15H28N2/c1-14-9-5-4-7-11-17(14)12-8-6-10-15(2,3)13-16/h14H,4-12H2,1-3H3. The van der Waals surface area contributed by atoms with E-state index in [1.165, 1.54) is 51.6 Å². The highest BCUT2D eigenvalue weighted by molar-refractivity contribution is 4.91. The van der Waals surface area contributed by atoms with E-state index in [1.54, 1.807) is 0 Å². The summed E-state index contributed by atoms with van der Waals surface area (Å²) in [5.74, 6) is 0. The molecule has 0 aromatic rings. The second-order valence-corrected chi connectivity index (χ2v) is 6.19. The van der Waals surface area contributed by atoms with E-state index in [4.69, 9.17) is 5.26 Å². The summed E-state index contributed by atoms with van der Waals surface area (Å²) in [7, 11) is 0. The zero-order chi connectivity index (χ0) is 12.7. The average molecular weight is 236 g/mol. The first-order chi connectivity index (χ1) is 8.05. The maximum Gasteiger partial charge on any atom is 0.0683 e. The minimum atomic E-state index is -0.135. The summed E-state index contributed by atoms with van der Waals surface area (Å²) in [6, 6.07) is 3.15. The fraction of sp³-hybridized carbons (Fsp3) is 0.933. The lowest BCUT2D eigenvalue weighted by Gasteiger charge is -2.27. The molecule has 17 heavy (non-hydrogen) atoms. The van der Waals surface area contributed by atoms with E-state index < -0.39 is 0 Å². The third-order valence-electron chi connectivity index (χ3n) is 3.99. The predicted octanol–water partition coefficient (Wildman–Crippen LogP) is 3.97. The Balaban J connectivity index is 2.19. The Kier molecular flexibility index (Phi) is 5.98. The molecular weight excluding hydrogens is 208 g/mol. The predicted molar refractivity (Wildman–Crippen MR) is 72.7 cm³/mol. The van der Waals surface area contributed by atoms with Crippen LogP contribution in [0.4, 0.5) is 0 Å². The van der Waals surface area contributed by atoms with Gasteiger partial charge in [0.2, 0.25) is 0 Å². The molecule has 0 N–H and O–H groups in total. The van der Waals surface area contributed by atoms with Gasteiger partial charge in [-0.1, -0.05) is 19.3 Å². The summed E-state index contributed by atoms with van der Waals surface area (Å²) in [4.78, 5) is 2.65. The minimum Gasteiger partial charge on any atom is -0.301 e. The van der Waals surface area contributed by atoms with Crippen LogP contribution in [0, 0.1) is 16.7 Å². The largest absolute Gasteiger partial charge is 0.301 e. The molecule has 2 heteroatoms. The highest BCUT2D eigenvalue weighted by Gasteiger charge is 2.18. The van der Waals surface area contributed by atoms with Crippen molar-refractivity contribution < 1.29 is 0 Å². The fourth-order valence-electron chi connectivity index (χ4n) is 2.60. The Morgan fingerprint density at radius 3 is 2.71 bits per heavy atom. The number of hydrogen-bond donors (Lipinski definition) is 0. The molecule has 1 saturated heterocycles. The van der Waals surface area contributed by atoms with Gasteiger partial charge in [-0.25, -0.2) is 0 Å². The van der Waals surface area contributed by atoms with E-state index in [2.05, 4.69) is 17.9 Å². The second-order valence-electron chi connectivity index (χ2n) is 6.19. The number of unbranched alkanes of at least 4 members (excludes halogenated alkanes) is 1. The summed E-state index contributed by atoms with van der Waals surface area (Å²) < 4.78 is 0. The maximum absolute atomic E-state index is 8.96. The zero-order valence-corrected chi connectivity index (χ0v) is 11.8. The summed E-state index contributed by atoms with van der Waals surface area (Å²) in [6.07, 6.45) is 9.00. The minimum absolute atomic E-state index is 0.135. The van der Waals surface area contributed by atoms with Gasteiger partial charge >= 0.3 is 0 Å². The van der Waals surface area contributed by atoms with E-state index >= 15 is 0 Å². The van der Waals surface area contributed by atoms with Crippen molar-refractivity contribution >= 4 is 0 Å². The summed E-state index contributed by atoms with van der Waals surface area (Å²) in [6.45, 7) is 8.96. The van der Waals surface area contributed by atoms with Crippen LogP contribution in [0.1, 0.15) is 65.7 Å². The number of likely N-dealkylation sites (tertiary alicyclic amines) is 1. The molecule has 2 nitrogen and oxygen atoms in total. The van der Waals surface area contributed by atoms with Crippen molar-refractivity contribution in [2.75, 3.05) is 13.1 Å². The van der Waals surface area contributed by atoms with Gasteiger partial charge in [0.25, 0.3) is 0 Å². The van der Waals surface area contributed by atoms with E-state index in [0.717, 1.165) is 12.5 Å². The smallest absolute Gasteiger partial charge is 0.0683 e. The molecular formula is C15H28N2. The first kappa shape index (κ1) is 14.5. The average Bonchev–Trinajstić information content (AvgIpc) is 2.50. The van der Waals surface area contributed by atoms with Gasteiger partial charge in [-0.2, -0.15) is 5.26 Å². The van der Waals surface area contributed by atoms with Gasteiger partial charge in [-0.15, -0.1) is 0 Å². The monoisotopic (exact) mass is 236 g/mol. The summed E-state index contributed by atoms with van der Waals surface area (Å²) in [5.41, 5.74) is -0.135. The molecule has 1 aliphatic rings. The molecule has 0 aromatic carbocycles. The first-order valence-electron chi connectivity index (χ1n) is 7.20. The third kappa shape index (κ3) is 5.55. The molecule has 1 rings (SSSR count). The van der Waals surface area contributed by atoms with Crippen LogP contribution in [-0.2, 0) is 0 Å². The molecule has 0 aromatic heterocycles. The molecule has 0 aliphatic carbocycles. The molecule has 1 fully saturated rings. The van der Waals surface area contributed by atoms with Gasteiger partial charge in [-0.05, 0) is 59.5 Å². The summed E-state index contributed by atoms with van der Waals surface area (Å²) >= 11 is 0. The molecule has 0 saturated carbocycles. The van der Waals surface area contributed by atoms with Crippen molar-refractivity contribution in [3.8, 4) is 6.07 Å². The van der Waals surface area contributed by atoms with E-state index in [0.29, 0.717) is 0 Å². The molecule has 1 atom stereocenters. The Morgan fingerprint density at radius 2 is 2.00 bits per heavy atom. The lowest BCUT2D eigenvalue weighted by Crippen LogP contribution is -2.33. The van der Waals surface area contributed by atoms with E-state index in [1.807, 2.05) is 13.8 Å². The third-order valence-corrected chi connectivity index (χ3v) is 3.99.